The molecule has 17 heavy (non-hydrogen) atoms. The Labute approximate surface area is 142 Å². The van der Waals surface area contributed by atoms with Gasteiger partial charge in [-0.2, -0.15) is 10.8 Å². The second-order valence-electron chi connectivity index (χ2n) is 3.27. The molecule has 0 aromatic carbocycles. The number of hydrogen-bond acceptors (Lipinski definition) is 3. The molecule has 6 nitrogen and oxygen atoms in total. The zero-order chi connectivity index (χ0) is 12.3. The van der Waals surface area contributed by atoms with Crippen LogP contribution in [0.25, 0.3) is 5.32 Å². The number of nitrogens with zero attached hydrogens (tertiary/aromatic N) is 2. The van der Waals surface area contributed by atoms with E-state index < -0.39 is 5.97 Å². The van der Waals surface area contributed by atoms with Crippen molar-refractivity contribution in [2.24, 2.45) is 0 Å². The molecule has 7 heteroatoms. The number of rotatable bonds is 4. The standard InChI is InChI=1S/C10H14N4O2.K/c1-5(6(2)12-3)8(11)7-4-13-14-9(7)10(15)16;/h4H,1-3H3,(H4,11,12,13,14,15,16);/q;+1/p-1. The third-order valence-corrected chi connectivity index (χ3v) is 2.38. The molecule has 0 fully saturated rings. The summed E-state index contributed by atoms with van der Waals surface area (Å²) in [7, 11) is 1.62. The van der Waals surface area contributed by atoms with Crippen molar-refractivity contribution < 1.29 is 61.3 Å². The van der Waals surface area contributed by atoms with E-state index in [-0.39, 0.29) is 68.4 Å². The van der Waals surface area contributed by atoms with Gasteiger partial charge in [0, 0.05) is 0 Å². The number of nitrogens with one attached hydrogen (secondary N) is 2. The summed E-state index contributed by atoms with van der Waals surface area (Å²) in [6, 6.07) is 0. The summed E-state index contributed by atoms with van der Waals surface area (Å²) >= 11 is 0. The Morgan fingerprint density at radius 1 is 1.53 bits per heavy atom. The first kappa shape index (κ1) is 16.5. The third-order valence-electron chi connectivity index (χ3n) is 2.38. The molecule has 0 aliphatic heterocycles. The van der Waals surface area contributed by atoms with Crippen LogP contribution in [0.2, 0.25) is 0 Å². The average molecular weight is 260 g/mol. The van der Waals surface area contributed by atoms with Crippen molar-refractivity contribution in [3.05, 3.63) is 34.0 Å². The van der Waals surface area contributed by atoms with Crippen molar-refractivity contribution in [3.63, 3.8) is 0 Å². The quantitative estimate of drug-likeness (QED) is 0.467. The van der Waals surface area contributed by atoms with E-state index in [1.54, 1.807) is 20.9 Å². The number of aromatic carboxylic acids is 1. The van der Waals surface area contributed by atoms with Gasteiger partial charge >= 0.3 is 57.4 Å². The molecule has 1 rings (SSSR count). The van der Waals surface area contributed by atoms with Gasteiger partial charge in [0.25, 0.3) is 0 Å². The fourth-order valence-corrected chi connectivity index (χ4v) is 1.19. The van der Waals surface area contributed by atoms with Gasteiger partial charge in [0.15, 0.2) is 5.69 Å². The van der Waals surface area contributed by atoms with Gasteiger partial charge in [-0.3, -0.25) is 10.5 Å². The Kier molecular flexibility index (Phi) is 6.87. The van der Waals surface area contributed by atoms with Crippen LogP contribution in [-0.4, -0.2) is 34.0 Å². The van der Waals surface area contributed by atoms with E-state index in [1.165, 1.54) is 6.20 Å². The second-order valence-corrected chi connectivity index (χ2v) is 3.27. The summed E-state index contributed by atoms with van der Waals surface area (Å²) in [5.41, 5.74) is 1.64. The predicted molar refractivity (Wildman–Crippen MR) is 60.0 cm³/mol. The molecule has 0 radical (unpaired) electrons. The van der Waals surface area contributed by atoms with Gasteiger partial charge in [-0.25, -0.2) is 4.79 Å². The summed E-state index contributed by atoms with van der Waals surface area (Å²) in [4.78, 5) is 10.8. The summed E-state index contributed by atoms with van der Waals surface area (Å²) in [6.45, 7) is 3.49. The molecule has 0 aliphatic rings. The maximum Gasteiger partial charge on any atom is 1.00 e. The number of aromatic amines is 1. The van der Waals surface area contributed by atoms with E-state index in [2.05, 4.69) is 15.5 Å². The molecule has 0 spiro atoms. The first-order valence-electron chi connectivity index (χ1n) is 4.62. The molecule has 1 aromatic heterocycles. The summed E-state index contributed by atoms with van der Waals surface area (Å²) in [5, 5.41) is 26.7. The number of carbonyl (C=O) groups is 1. The maximum atomic E-state index is 10.8. The van der Waals surface area contributed by atoms with Crippen molar-refractivity contribution in [2.45, 2.75) is 13.8 Å². The van der Waals surface area contributed by atoms with E-state index >= 15 is 0 Å². The minimum atomic E-state index is -1.13. The molecule has 0 amide bonds. The Balaban J connectivity index is 0.00000256. The fraction of sp³-hybridized carbons (Fsp3) is 0.300. The van der Waals surface area contributed by atoms with Gasteiger partial charge in [0.05, 0.1) is 17.5 Å². The third kappa shape index (κ3) is 3.75. The van der Waals surface area contributed by atoms with Gasteiger partial charge in [0.1, 0.15) is 0 Å². The number of hydrogen-bond donors (Lipinski definition) is 3. The van der Waals surface area contributed by atoms with E-state index in [0.717, 1.165) is 0 Å². The number of allylic oxidation sites excluding steroid dienone is 2. The number of carboxylic acids is 1. The first-order valence-corrected chi connectivity index (χ1v) is 4.62. The van der Waals surface area contributed by atoms with Gasteiger partial charge < -0.3 is 10.4 Å². The van der Waals surface area contributed by atoms with E-state index in [4.69, 9.17) is 10.5 Å². The molecule has 0 saturated heterocycles. The molecule has 1 heterocycles. The molecular weight excluding hydrogens is 247 g/mol. The molecule has 1 aromatic rings. The minimum Gasteiger partial charge on any atom is -0.690 e. The predicted octanol–water partition coefficient (Wildman–Crippen LogP) is -1.22. The molecule has 0 unspecified atom stereocenters. The number of carboxylic acid groups (broad SMARTS) is 1. The Hall–Kier alpha value is -0.474. The van der Waals surface area contributed by atoms with Crippen molar-refractivity contribution in [1.29, 1.82) is 5.41 Å². The van der Waals surface area contributed by atoms with Crippen LogP contribution in [0.15, 0.2) is 17.5 Å². The Bertz CT molecular complexity index is 465. The topological polar surface area (TPSA) is 104 Å². The SMILES string of the molecule is C[N-]/C(C)=C(/C)C(=N)c1cn[nH]c1C(=O)O.[K+]. The van der Waals surface area contributed by atoms with E-state index in [0.29, 0.717) is 11.3 Å². The zero-order valence-corrected chi connectivity index (χ0v) is 13.5. The average Bonchev–Trinajstić information content (AvgIpc) is 2.74. The number of H-pyrrole nitrogens is 1. The van der Waals surface area contributed by atoms with Gasteiger partial charge in [-0.05, 0) is 12.5 Å². The van der Waals surface area contributed by atoms with Crippen LogP contribution in [0.1, 0.15) is 29.9 Å². The van der Waals surface area contributed by atoms with Crippen LogP contribution in [-0.2, 0) is 0 Å². The molecular formula is C10H13KN4O2. The minimum absolute atomic E-state index is 0. The molecule has 0 aliphatic carbocycles. The summed E-state index contributed by atoms with van der Waals surface area (Å²) in [5.74, 6) is -1.13. The summed E-state index contributed by atoms with van der Waals surface area (Å²) in [6.07, 6.45) is 1.33. The van der Waals surface area contributed by atoms with Crippen LogP contribution in [0.4, 0.5) is 0 Å². The van der Waals surface area contributed by atoms with Crippen molar-refractivity contribution in [3.8, 4) is 0 Å². The van der Waals surface area contributed by atoms with E-state index in [1.807, 2.05) is 0 Å². The fourth-order valence-electron chi connectivity index (χ4n) is 1.19. The van der Waals surface area contributed by atoms with Gasteiger partial charge in [-0.15, -0.1) is 7.05 Å². The van der Waals surface area contributed by atoms with Crippen LogP contribution in [0, 0.1) is 5.41 Å². The molecule has 3 N–H and O–H groups in total. The molecule has 86 valence electrons. The van der Waals surface area contributed by atoms with Gasteiger partial charge in [-0.1, -0.05) is 6.92 Å². The van der Waals surface area contributed by atoms with Crippen LogP contribution in [0.3, 0.4) is 0 Å². The Morgan fingerprint density at radius 3 is 2.59 bits per heavy atom. The molecule has 0 saturated carbocycles. The van der Waals surface area contributed by atoms with Crippen LogP contribution in [0.5, 0.6) is 0 Å². The summed E-state index contributed by atoms with van der Waals surface area (Å²) < 4.78 is 0. The molecule has 0 atom stereocenters. The van der Waals surface area contributed by atoms with Crippen molar-refractivity contribution >= 4 is 11.7 Å². The first-order chi connectivity index (χ1) is 7.49. The Morgan fingerprint density at radius 2 is 2.12 bits per heavy atom. The van der Waals surface area contributed by atoms with Crippen molar-refractivity contribution in [1.82, 2.24) is 10.2 Å². The monoisotopic (exact) mass is 260 g/mol. The number of aromatic nitrogens is 2. The van der Waals surface area contributed by atoms with E-state index in [9.17, 15) is 4.79 Å². The smallest absolute Gasteiger partial charge is 0.690 e. The molecule has 0 bridgehead atoms. The second kappa shape index (κ2) is 7.07. The zero-order valence-electron chi connectivity index (χ0n) is 10.3. The maximum absolute atomic E-state index is 10.8. The van der Waals surface area contributed by atoms with Gasteiger partial charge in [0.2, 0.25) is 0 Å². The normalized spacial score (nSPS) is 11.2. The van der Waals surface area contributed by atoms with Crippen LogP contribution < -0.4 is 51.4 Å². The largest absolute Gasteiger partial charge is 1.00 e. The van der Waals surface area contributed by atoms with Crippen molar-refractivity contribution in [2.75, 3.05) is 7.05 Å². The van der Waals surface area contributed by atoms with Crippen LogP contribution >= 0.6 is 0 Å².